The molecule has 0 saturated carbocycles. The molecular weight excluding hydrogens is 126 g/mol. The van der Waals surface area contributed by atoms with Crippen LogP contribution in [0.5, 0.6) is 0 Å². The third kappa shape index (κ3) is 3.80. The minimum absolute atomic E-state index is 0.195. The predicted octanol–water partition coefficient (Wildman–Crippen LogP) is 0.814. The van der Waals surface area contributed by atoms with Crippen LogP contribution >= 0.6 is 0 Å². The smallest absolute Gasteiger partial charge is 0.439 e. The zero-order chi connectivity index (χ0) is 6.57. The molecule has 4 heteroatoms. The number of methoxy groups -OCH3 is 1. The predicted molar refractivity (Wildman–Crippen MR) is 34.0 cm³/mol. The first-order chi connectivity index (χ1) is 3.66. The largest absolute Gasteiger partial charge is 0.451 e. The molecule has 1 amide bonds. The highest BCUT2D eigenvalue weighted by atomic mass is 32.2. The van der Waals surface area contributed by atoms with E-state index >= 15 is 0 Å². The van der Waals surface area contributed by atoms with Crippen LogP contribution in [0.15, 0.2) is 4.36 Å². The zero-order valence-electron chi connectivity index (χ0n) is 5.17. The summed E-state index contributed by atoms with van der Waals surface area (Å²) in [4.78, 5) is 10.2. The van der Waals surface area contributed by atoms with Gasteiger partial charge in [0.1, 0.15) is 0 Å². The van der Waals surface area contributed by atoms with Gasteiger partial charge in [0.05, 0.1) is 7.11 Å². The van der Waals surface area contributed by atoms with Crippen LogP contribution in [0.1, 0.15) is 0 Å². The summed E-state index contributed by atoms with van der Waals surface area (Å²) in [5.74, 6) is 0. The molecule has 0 bridgehead atoms. The zero-order valence-corrected chi connectivity index (χ0v) is 5.99. The Morgan fingerprint density at radius 3 is 2.25 bits per heavy atom. The van der Waals surface area contributed by atoms with Gasteiger partial charge in [0, 0.05) is 0 Å². The molecule has 0 N–H and O–H groups in total. The summed E-state index contributed by atoms with van der Waals surface area (Å²) < 4.78 is 7.82. The maximum Gasteiger partial charge on any atom is 0.439 e. The van der Waals surface area contributed by atoms with Crippen molar-refractivity contribution in [1.29, 1.82) is 0 Å². The lowest BCUT2D eigenvalue weighted by atomic mass is 11.2. The molecule has 0 radical (unpaired) electrons. The van der Waals surface area contributed by atoms with E-state index in [1.165, 1.54) is 7.11 Å². The van der Waals surface area contributed by atoms with E-state index in [0.717, 1.165) is 0 Å². The molecule has 0 atom stereocenters. The summed E-state index contributed by atoms with van der Waals surface area (Å²) in [5, 5.41) is 0. The highest BCUT2D eigenvalue weighted by molar-refractivity contribution is 7.86. The highest BCUT2D eigenvalue weighted by Crippen LogP contribution is 1.81. The molecule has 0 aliphatic heterocycles. The van der Waals surface area contributed by atoms with Gasteiger partial charge in [-0.3, -0.25) is 0 Å². The molecule has 0 aliphatic carbocycles. The third-order valence-corrected chi connectivity index (χ3v) is 0.946. The molecule has 0 aromatic rings. The van der Waals surface area contributed by atoms with Gasteiger partial charge >= 0.3 is 6.09 Å². The van der Waals surface area contributed by atoms with E-state index in [1.54, 1.807) is 0 Å². The van der Waals surface area contributed by atoms with Crippen molar-refractivity contribution < 1.29 is 9.53 Å². The van der Waals surface area contributed by atoms with E-state index in [-0.39, 0.29) is 10.7 Å². The Morgan fingerprint density at radius 1 is 1.62 bits per heavy atom. The third-order valence-electron chi connectivity index (χ3n) is 0.432. The van der Waals surface area contributed by atoms with Crippen molar-refractivity contribution >= 4 is 16.8 Å². The van der Waals surface area contributed by atoms with Crippen molar-refractivity contribution in [1.82, 2.24) is 0 Å². The molecule has 0 aromatic heterocycles. The first kappa shape index (κ1) is 7.62. The Bertz CT molecular complexity index is 117. The van der Waals surface area contributed by atoms with Crippen molar-refractivity contribution in [3.8, 4) is 0 Å². The number of ether oxygens (including phenoxy) is 1. The summed E-state index contributed by atoms with van der Waals surface area (Å²) in [7, 11) is 1.12. The van der Waals surface area contributed by atoms with Crippen molar-refractivity contribution in [2.45, 2.75) is 0 Å². The molecule has 0 spiro atoms. The molecule has 0 saturated heterocycles. The molecular formula is C4H9NO2S. The van der Waals surface area contributed by atoms with E-state index in [1.807, 2.05) is 12.5 Å². The van der Waals surface area contributed by atoms with Crippen LogP contribution in [0, 0.1) is 0 Å². The first-order valence-corrected chi connectivity index (χ1v) is 4.04. The van der Waals surface area contributed by atoms with Crippen molar-refractivity contribution in [3.05, 3.63) is 0 Å². The second-order valence-corrected chi connectivity index (χ2v) is 3.06. The Hall–Kier alpha value is -0.380. The minimum atomic E-state index is -0.488. The van der Waals surface area contributed by atoms with Crippen molar-refractivity contribution in [2.24, 2.45) is 4.36 Å². The lowest BCUT2D eigenvalue weighted by molar-refractivity contribution is 0.183. The number of hydrogen-bond donors (Lipinski definition) is 0. The van der Waals surface area contributed by atoms with Gasteiger partial charge in [-0.05, 0) is 12.5 Å². The van der Waals surface area contributed by atoms with Crippen LogP contribution in [0.2, 0.25) is 0 Å². The molecule has 0 heterocycles. The van der Waals surface area contributed by atoms with Crippen LogP contribution in [-0.4, -0.2) is 25.7 Å². The molecule has 3 nitrogen and oxygen atoms in total. The average molecular weight is 135 g/mol. The SMILES string of the molecule is COC(=O)N=S(C)C. The first-order valence-electron chi connectivity index (χ1n) is 2.04. The van der Waals surface area contributed by atoms with E-state index in [4.69, 9.17) is 0 Å². The minimum Gasteiger partial charge on any atom is -0.451 e. The summed E-state index contributed by atoms with van der Waals surface area (Å²) in [6.07, 6.45) is 3.20. The summed E-state index contributed by atoms with van der Waals surface area (Å²) in [5.41, 5.74) is 0. The number of rotatable bonds is 0. The maximum absolute atomic E-state index is 10.2. The topological polar surface area (TPSA) is 38.7 Å². The Morgan fingerprint density at radius 2 is 2.12 bits per heavy atom. The number of carbonyl (C=O) groups is 1. The Kier molecular flexibility index (Phi) is 3.43. The van der Waals surface area contributed by atoms with E-state index in [2.05, 4.69) is 9.10 Å². The fourth-order valence-corrected chi connectivity index (χ4v) is 0.559. The normalized spacial score (nSPS) is 9.00. The number of amides is 1. The molecule has 48 valence electrons. The van der Waals surface area contributed by atoms with Crippen molar-refractivity contribution in [3.63, 3.8) is 0 Å². The second kappa shape index (κ2) is 3.60. The van der Waals surface area contributed by atoms with Gasteiger partial charge in [-0.2, -0.15) is 4.36 Å². The number of nitrogens with zero attached hydrogens (tertiary/aromatic N) is 1. The van der Waals surface area contributed by atoms with Crippen LogP contribution in [0.4, 0.5) is 4.79 Å². The van der Waals surface area contributed by atoms with Gasteiger partial charge < -0.3 is 4.74 Å². The van der Waals surface area contributed by atoms with Crippen LogP contribution < -0.4 is 0 Å². The molecule has 0 aromatic carbocycles. The Balaban J connectivity index is 3.70. The molecule has 0 unspecified atom stereocenters. The van der Waals surface area contributed by atoms with E-state index in [0.29, 0.717) is 0 Å². The molecule has 0 fully saturated rings. The van der Waals surface area contributed by atoms with Crippen LogP contribution in [-0.2, 0) is 15.4 Å². The molecule has 0 aliphatic rings. The standard InChI is InChI=1S/C4H9NO2S/c1-7-4(6)5-8(2)3/h1-3H3. The van der Waals surface area contributed by atoms with Crippen molar-refractivity contribution in [2.75, 3.05) is 19.6 Å². The average Bonchev–Trinajstić information content (AvgIpc) is 1.65. The van der Waals surface area contributed by atoms with Gasteiger partial charge in [-0.1, -0.05) is 10.7 Å². The van der Waals surface area contributed by atoms with Gasteiger partial charge in [-0.15, -0.1) is 0 Å². The van der Waals surface area contributed by atoms with Crippen LogP contribution in [0.3, 0.4) is 0 Å². The quantitative estimate of drug-likeness (QED) is 0.493. The number of carbonyl (C=O) groups excluding carboxylic acids is 1. The van der Waals surface area contributed by atoms with Gasteiger partial charge in [0.2, 0.25) is 0 Å². The Labute approximate surface area is 51.1 Å². The lowest BCUT2D eigenvalue weighted by Crippen LogP contribution is -1.94. The van der Waals surface area contributed by atoms with E-state index < -0.39 is 6.09 Å². The van der Waals surface area contributed by atoms with Gasteiger partial charge in [0.15, 0.2) is 0 Å². The fourth-order valence-electron chi connectivity index (χ4n) is 0.186. The summed E-state index contributed by atoms with van der Waals surface area (Å²) in [6, 6.07) is 0. The van der Waals surface area contributed by atoms with Crippen LogP contribution in [0.25, 0.3) is 0 Å². The van der Waals surface area contributed by atoms with Gasteiger partial charge in [-0.25, -0.2) is 4.79 Å². The monoisotopic (exact) mass is 135 g/mol. The summed E-state index contributed by atoms with van der Waals surface area (Å²) in [6.45, 7) is 0. The lowest BCUT2D eigenvalue weighted by Gasteiger charge is -1.89. The van der Waals surface area contributed by atoms with E-state index in [9.17, 15) is 4.79 Å². The molecule has 8 heavy (non-hydrogen) atoms. The number of hydrogen-bond acceptors (Lipinski definition) is 2. The maximum atomic E-state index is 10.2. The fraction of sp³-hybridized carbons (Fsp3) is 0.750. The summed E-state index contributed by atoms with van der Waals surface area (Å²) >= 11 is 0. The van der Waals surface area contributed by atoms with Gasteiger partial charge in [0.25, 0.3) is 0 Å². The highest BCUT2D eigenvalue weighted by Gasteiger charge is 1.90. The second-order valence-electron chi connectivity index (χ2n) is 1.33. The molecule has 0 rings (SSSR count).